The lowest BCUT2D eigenvalue weighted by molar-refractivity contribution is -0.132. The smallest absolute Gasteiger partial charge is 0.227 e. The lowest BCUT2D eigenvalue weighted by Gasteiger charge is -2.30. The molecule has 2 heterocycles. The van der Waals surface area contributed by atoms with Crippen molar-refractivity contribution in [3.63, 3.8) is 0 Å². The van der Waals surface area contributed by atoms with Crippen LogP contribution in [0.2, 0.25) is 0 Å². The molecule has 0 spiro atoms. The minimum Gasteiger partial charge on any atom is -0.338 e. The van der Waals surface area contributed by atoms with Crippen LogP contribution in [0.5, 0.6) is 0 Å². The van der Waals surface area contributed by atoms with Gasteiger partial charge >= 0.3 is 0 Å². The Bertz CT molecular complexity index is 602. The number of nitrogens with two attached hydrogens (primary N) is 1. The van der Waals surface area contributed by atoms with Gasteiger partial charge in [0.1, 0.15) is 0 Å². The highest BCUT2D eigenvalue weighted by Crippen LogP contribution is 2.27. The fourth-order valence-corrected chi connectivity index (χ4v) is 3.59. The van der Waals surface area contributed by atoms with E-state index in [4.69, 9.17) is 5.73 Å². The Balaban J connectivity index is 1.57. The van der Waals surface area contributed by atoms with Gasteiger partial charge in [-0.2, -0.15) is 0 Å². The van der Waals surface area contributed by atoms with E-state index >= 15 is 0 Å². The fourth-order valence-electron chi connectivity index (χ4n) is 3.59. The van der Waals surface area contributed by atoms with Crippen LogP contribution in [-0.2, 0) is 16.0 Å². The van der Waals surface area contributed by atoms with Gasteiger partial charge in [-0.25, -0.2) is 0 Å². The van der Waals surface area contributed by atoms with Crippen molar-refractivity contribution in [3.8, 4) is 0 Å². The number of amides is 2. The van der Waals surface area contributed by atoms with Crippen molar-refractivity contribution in [2.75, 3.05) is 18.0 Å². The Labute approximate surface area is 137 Å². The lowest BCUT2D eigenvalue weighted by atomic mass is 10.0. The highest BCUT2D eigenvalue weighted by Gasteiger charge is 2.31. The van der Waals surface area contributed by atoms with Crippen LogP contribution >= 0.6 is 0 Å². The molecule has 0 aromatic heterocycles. The van der Waals surface area contributed by atoms with Crippen molar-refractivity contribution >= 4 is 17.5 Å². The van der Waals surface area contributed by atoms with Gasteiger partial charge in [0.05, 0.1) is 0 Å². The summed E-state index contributed by atoms with van der Waals surface area (Å²) >= 11 is 0. The quantitative estimate of drug-likeness (QED) is 0.919. The molecular formula is C18H25N3O2. The Kier molecular flexibility index (Phi) is 4.66. The van der Waals surface area contributed by atoms with Crippen molar-refractivity contribution in [2.45, 2.75) is 51.1 Å². The minimum absolute atomic E-state index is 0.0921. The molecule has 23 heavy (non-hydrogen) atoms. The second kappa shape index (κ2) is 6.71. The number of benzene rings is 1. The van der Waals surface area contributed by atoms with Crippen LogP contribution in [0.25, 0.3) is 0 Å². The Morgan fingerprint density at radius 3 is 2.83 bits per heavy atom. The maximum atomic E-state index is 12.3. The summed E-state index contributed by atoms with van der Waals surface area (Å²) in [5, 5.41) is 0. The number of anilines is 1. The first-order chi connectivity index (χ1) is 11.1. The molecule has 2 amide bonds. The maximum Gasteiger partial charge on any atom is 0.227 e. The SMILES string of the molecule is C[C@@H]1[C@H](N)CCN1C(=O)CCCN1C(=O)CCc2ccccc21. The van der Waals surface area contributed by atoms with E-state index in [9.17, 15) is 9.59 Å². The van der Waals surface area contributed by atoms with Crippen LogP contribution in [0.15, 0.2) is 24.3 Å². The zero-order chi connectivity index (χ0) is 16.4. The number of hydrogen-bond donors (Lipinski definition) is 1. The van der Waals surface area contributed by atoms with E-state index in [1.807, 2.05) is 34.9 Å². The topological polar surface area (TPSA) is 66.6 Å². The van der Waals surface area contributed by atoms with Gasteiger partial charge in [0.15, 0.2) is 0 Å². The van der Waals surface area contributed by atoms with E-state index < -0.39 is 0 Å². The summed E-state index contributed by atoms with van der Waals surface area (Å²) in [5.74, 6) is 0.316. The number of likely N-dealkylation sites (tertiary alicyclic amines) is 1. The third kappa shape index (κ3) is 3.24. The first-order valence-electron chi connectivity index (χ1n) is 8.51. The van der Waals surface area contributed by atoms with Gasteiger partial charge in [-0.15, -0.1) is 0 Å². The van der Waals surface area contributed by atoms with E-state index in [0.29, 0.717) is 25.8 Å². The van der Waals surface area contributed by atoms with Crippen LogP contribution in [0.3, 0.4) is 0 Å². The van der Waals surface area contributed by atoms with Crippen molar-refractivity contribution in [1.29, 1.82) is 0 Å². The number of para-hydroxylation sites is 1. The maximum absolute atomic E-state index is 12.3. The normalized spacial score (nSPS) is 24.0. The lowest BCUT2D eigenvalue weighted by Crippen LogP contribution is -2.41. The van der Waals surface area contributed by atoms with Crippen LogP contribution in [0, 0.1) is 0 Å². The number of aryl methyl sites for hydroxylation is 1. The molecule has 2 aliphatic rings. The van der Waals surface area contributed by atoms with E-state index in [1.54, 1.807) is 0 Å². The molecule has 0 unspecified atom stereocenters. The second-order valence-corrected chi connectivity index (χ2v) is 6.56. The largest absolute Gasteiger partial charge is 0.338 e. The zero-order valence-electron chi connectivity index (χ0n) is 13.7. The van der Waals surface area contributed by atoms with Gasteiger partial charge in [0, 0.05) is 43.7 Å². The molecule has 1 aromatic rings. The van der Waals surface area contributed by atoms with Crippen LogP contribution in [0.1, 0.15) is 38.2 Å². The number of fused-ring (bicyclic) bond motifs is 1. The number of carbonyl (C=O) groups excluding carboxylic acids is 2. The molecule has 0 bridgehead atoms. The molecule has 2 N–H and O–H groups in total. The standard InChI is InChI=1S/C18H25N3O2/c1-13-15(19)10-12-20(13)17(22)7-4-11-21-16-6-3-2-5-14(16)8-9-18(21)23/h2-3,5-6,13,15H,4,7-12,19H2,1H3/t13-,15-/m1/s1. The summed E-state index contributed by atoms with van der Waals surface area (Å²) in [7, 11) is 0. The molecule has 124 valence electrons. The van der Waals surface area contributed by atoms with E-state index in [2.05, 4.69) is 6.07 Å². The van der Waals surface area contributed by atoms with Crippen LogP contribution in [0.4, 0.5) is 5.69 Å². The summed E-state index contributed by atoms with van der Waals surface area (Å²) in [6.07, 6.45) is 3.42. The molecule has 2 aliphatic heterocycles. The number of nitrogens with zero attached hydrogens (tertiary/aromatic N) is 2. The first-order valence-corrected chi connectivity index (χ1v) is 8.51. The summed E-state index contributed by atoms with van der Waals surface area (Å²) in [6, 6.07) is 8.26. The summed E-state index contributed by atoms with van der Waals surface area (Å²) in [5.41, 5.74) is 8.20. The predicted molar refractivity (Wildman–Crippen MR) is 90.1 cm³/mol. The third-order valence-corrected chi connectivity index (χ3v) is 5.10. The van der Waals surface area contributed by atoms with Gasteiger partial charge in [-0.1, -0.05) is 18.2 Å². The van der Waals surface area contributed by atoms with E-state index in [1.165, 1.54) is 5.56 Å². The molecule has 0 radical (unpaired) electrons. The Morgan fingerprint density at radius 1 is 1.30 bits per heavy atom. The number of carbonyl (C=O) groups is 2. The predicted octanol–water partition coefficient (Wildman–Crippen LogP) is 1.69. The van der Waals surface area contributed by atoms with Crippen molar-refractivity contribution in [1.82, 2.24) is 4.90 Å². The van der Waals surface area contributed by atoms with Gasteiger partial charge in [-0.3, -0.25) is 9.59 Å². The highest BCUT2D eigenvalue weighted by atomic mass is 16.2. The summed E-state index contributed by atoms with van der Waals surface area (Å²) in [6.45, 7) is 3.38. The molecule has 1 fully saturated rings. The first kappa shape index (κ1) is 16.0. The van der Waals surface area contributed by atoms with E-state index in [-0.39, 0.29) is 23.9 Å². The zero-order valence-corrected chi connectivity index (χ0v) is 13.7. The summed E-state index contributed by atoms with van der Waals surface area (Å²) in [4.78, 5) is 28.3. The average Bonchev–Trinajstić information content (AvgIpc) is 2.89. The molecule has 5 heteroatoms. The average molecular weight is 315 g/mol. The van der Waals surface area contributed by atoms with Gasteiger partial charge in [0.2, 0.25) is 11.8 Å². The molecule has 2 atom stereocenters. The van der Waals surface area contributed by atoms with Crippen molar-refractivity contribution in [2.24, 2.45) is 5.73 Å². The molecule has 1 saturated heterocycles. The van der Waals surface area contributed by atoms with Crippen molar-refractivity contribution < 1.29 is 9.59 Å². The van der Waals surface area contributed by atoms with Gasteiger partial charge < -0.3 is 15.5 Å². The molecule has 0 saturated carbocycles. The fraction of sp³-hybridized carbons (Fsp3) is 0.556. The molecule has 1 aromatic carbocycles. The Morgan fingerprint density at radius 2 is 2.09 bits per heavy atom. The molecule has 5 nitrogen and oxygen atoms in total. The second-order valence-electron chi connectivity index (χ2n) is 6.56. The van der Waals surface area contributed by atoms with E-state index in [0.717, 1.165) is 25.1 Å². The molecule has 3 rings (SSSR count). The molecular weight excluding hydrogens is 290 g/mol. The molecule has 0 aliphatic carbocycles. The van der Waals surface area contributed by atoms with Crippen LogP contribution in [-0.4, -0.2) is 41.9 Å². The highest BCUT2D eigenvalue weighted by molar-refractivity contribution is 5.96. The number of rotatable bonds is 4. The Hall–Kier alpha value is -1.88. The summed E-state index contributed by atoms with van der Waals surface area (Å²) < 4.78 is 0. The van der Waals surface area contributed by atoms with Crippen LogP contribution < -0.4 is 10.6 Å². The minimum atomic E-state index is 0.0921. The van der Waals surface area contributed by atoms with Gasteiger partial charge in [-0.05, 0) is 37.8 Å². The number of hydrogen-bond acceptors (Lipinski definition) is 3. The van der Waals surface area contributed by atoms with Gasteiger partial charge in [0.25, 0.3) is 0 Å². The monoisotopic (exact) mass is 315 g/mol. The third-order valence-electron chi connectivity index (χ3n) is 5.10. The van der Waals surface area contributed by atoms with Crippen molar-refractivity contribution in [3.05, 3.63) is 29.8 Å².